The monoisotopic (exact) mass is 210 g/mol. The molecule has 0 aliphatic rings. The molecule has 0 saturated carbocycles. The summed E-state index contributed by atoms with van der Waals surface area (Å²) in [5, 5.41) is 0. The normalized spacial score (nSPS) is 10.7. The lowest BCUT2D eigenvalue weighted by atomic mass is 10.2. The van der Waals surface area contributed by atoms with Crippen LogP contribution < -0.4 is 5.73 Å². The number of hydrogen-bond donors (Lipinski definition) is 1. The van der Waals surface area contributed by atoms with E-state index in [9.17, 15) is 4.79 Å². The molecule has 0 aliphatic heterocycles. The number of rotatable bonds is 4. The van der Waals surface area contributed by atoms with Crippen molar-refractivity contribution in [3.8, 4) is 0 Å². The van der Waals surface area contributed by atoms with Crippen molar-refractivity contribution in [1.82, 2.24) is 4.90 Å². The Labute approximate surface area is 90.0 Å². The van der Waals surface area contributed by atoms with Crippen molar-refractivity contribution >= 4 is 5.91 Å². The third-order valence-corrected chi connectivity index (χ3v) is 2.34. The number of carbonyl (C=O) groups excluding carboxylic acids is 1. The summed E-state index contributed by atoms with van der Waals surface area (Å²) in [6, 6.07) is 1.85. The molecular weight excluding hydrogens is 192 g/mol. The van der Waals surface area contributed by atoms with Crippen LogP contribution in [0.2, 0.25) is 0 Å². The molecule has 4 nitrogen and oxygen atoms in total. The molecule has 0 spiro atoms. The predicted octanol–water partition coefficient (Wildman–Crippen LogP) is 1.40. The van der Waals surface area contributed by atoms with E-state index in [1.807, 2.05) is 13.8 Å². The van der Waals surface area contributed by atoms with Gasteiger partial charge in [0.25, 0.3) is 5.91 Å². The standard InChI is InChI=1S/C11H18N2O2/c1-8(2)13(6-5-12)11(14)10-4-7-15-9(10)3/h4,7-8H,5-6,12H2,1-3H3. The Morgan fingerprint density at radius 2 is 2.27 bits per heavy atom. The lowest BCUT2D eigenvalue weighted by Crippen LogP contribution is -2.40. The van der Waals surface area contributed by atoms with Gasteiger partial charge in [0.1, 0.15) is 5.76 Å². The molecule has 0 unspecified atom stereocenters. The number of carbonyl (C=O) groups is 1. The Hall–Kier alpha value is -1.29. The summed E-state index contributed by atoms with van der Waals surface area (Å²) in [5.41, 5.74) is 6.10. The summed E-state index contributed by atoms with van der Waals surface area (Å²) < 4.78 is 5.11. The molecule has 15 heavy (non-hydrogen) atoms. The minimum absolute atomic E-state index is 0.0123. The zero-order chi connectivity index (χ0) is 11.4. The van der Waals surface area contributed by atoms with Crippen LogP contribution in [-0.2, 0) is 0 Å². The number of nitrogens with two attached hydrogens (primary N) is 1. The van der Waals surface area contributed by atoms with Gasteiger partial charge in [0.2, 0.25) is 0 Å². The lowest BCUT2D eigenvalue weighted by molar-refractivity contribution is 0.0710. The molecule has 0 radical (unpaired) electrons. The highest BCUT2D eigenvalue weighted by Crippen LogP contribution is 2.13. The fourth-order valence-electron chi connectivity index (χ4n) is 1.49. The average molecular weight is 210 g/mol. The first-order valence-electron chi connectivity index (χ1n) is 5.13. The van der Waals surface area contributed by atoms with E-state index in [-0.39, 0.29) is 11.9 Å². The number of aryl methyl sites for hydroxylation is 1. The second-order valence-corrected chi connectivity index (χ2v) is 3.77. The maximum absolute atomic E-state index is 12.1. The van der Waals surface area contributed by atoms with Crippen LogP contribution in [0.25, 0.3) is 0 Å². The SMILES string of the molecule is Cc1occc1C(=O)N(CCN)C(C)C. The van der Waals surface area contributed by atoms with Crippen molar-refractivity contribution in [2.75, 3.05) is 13.1 Å². The van der Waals surface area contributed by atoms with Crippen LogP contribution in [0, 0.1) is 6.92 Å². The number of amides is 1. The van der Waals surface area contributed by atoms with Crippen LogP contribution in [0.4, 0.5) is 0 Å². The highest BCUT2D eigenvalue weighted by Gasteiger charge is 2.20. The molecule has 2 N–H and O–H groups in total. The van der Waals surface area contributed by atoms with E-state index in [2.05, 4.69) is 0 Å². The quantitative estimate of drug-likeness (QED) is 0.817. The van der Waals surface area contributed by atoms with E-state index >= 15 is 0 Å². The van der Waals surface area contributed by atoms with Gasteiger partial charge in [0.15, 0.2) is 0 Å². The summed E-state index contributed by atoms with van der Waals surface area (Å²) in [4.78, 5) is 13.8. The number of nitrogens with zero attached hydrogens (tertiary/aromatic N) is 1. The van der Waals surface area contributed by atoms with E-state index in [1.165, 1.54) is 6.26 Å². The molecule has 84 valence electrons. The summed E-state index contributed by atoms with van der Waals surface area (Å²) in [6.07, 6.45) is 1.53. The Bertz CT molecular complexity index is 331. The molecule has 1 rings (SSSR count). The first-order chi connectivity index (χ1) is 7.07. The van der Waals surface area contributed by atoms with Crippen LogP contribution in [0.3, 0.4) is 0 Å². The first kappa shape index (κ1) is 11.8. The summed E-state index contributed by atoms with van der Waals surface area (Å²) >= 11 is 0. The van der Waals surface area contributed by atoms with Crippen molar-refractivity contribution in [3.63, 3.8) is 0 Å². The third-order valence-electron chi connectivity index (χ3n) is 2.34. The molecule has 1 amide bonds. The highest BCUT2D eigenvalue weighted by molar-refractivity contribution is 5.95. The van der Waals surface area contributed by atoms with Crippen LogP contribution in [0.5, 0.6) is 0 Å². The summed E-state index contributed by atoms with van der Waals surface area (Å²) in [5.74, 6) is 0.643. The van der Waals surface area contributed by atoms with Crippen molar-refractivity contribution in [2.45, 2.75) is 26.8 Å². The van der Waals surface area contributed by atoms with Crippen LogP contribution in [0.15, 0.2) is 16.7 Å². The maximum Gasteiger partial charge on any atom is 0.257 e. The zero-order valence-electron chi connectivity index (χ0n) is 9.49. The molecular formula is C11H18N2O2. The lowest BCUT2D eigenvalue weighted by Gasteiger charge is -2.25. The van der Waals surface area contributed by atoms with Gasteiger partial charge in [-0.15, -0.1) is 0 Å². The molecule has 0 saturated heterocycles. The predicted molar refractivity (Wildman–Crippen MR) is 58.7 cm³/mol. The van der Waals surface area contributed by atoms with Gasteiger partial charge in [-0.2, -0.15) is 0 Å². The van der Waals surface area contributed by atoms with E-state index in [4.69, 9.17) is 10.2 Å². The molecule has 0 atom stereocenters. The highest BCUT2D eigenvalue weighted by atomic mass is 16.3. The van der Waals surface area contributed by atoms with Gasteiger partial charge < -0.3 is 15.1 Å². The second kappa shape index (κ2) is 4.98. The molecule has 1 heterocycles. The van der Waals surface area contributed by atoms with E-state index < -0.39 is 0 Å². The van der Waals surface area contributed by atoms with Crippen LogP contribution >= 0.6 is 0 Å². The van der Waals surface area contributed by atoms with Gasteiger partial charge in [0, 0.05) is 19.1 Å². The van der Waals surface area contributed by atoms with Crippen LogP contribution in [0.1, 0.15) is 30.0 Å². The van der Waals surface area contributed by atoms with E-state index in [1.54, 1.807) is 17.9 Å². The van der Waals surface area contributed by atoms with Gasteiger partial charge in [0.05, 0.1) is 11.8 Å². The molecule has 4 heteroatoms. The van der Waals surface area contributed by atoms with Gasteiger partial charge in [-0.1, -0.05) is 0 Å². The van der Waals surface area contributed by atoms with Crippen molar-refractivity contribution < 1.29 is 9.21 Å². The van der Waals surface area contributed by atoms with E-state index in [0.29, 0.717) is 24.4 Å². The minimum atomic E-state index is -0.0123. The minimum Gasteiger partial charge on any atom is -0.469 e. The topological polar surface area (TPSA) is 59.5 Å². The molecule has 1 aromatic rings. The fraction of sp³-hybridized carbons (Fsp3) is 0.545. The average Bonchev–Trinajstić information content (AvgIpc) is 2.59. The number of hydrogen-bond acceptors (Lipinski definition) is 3. The first-order valence-corrected chi connectivity index (χ1v) is 5.13. The molecule has 0 aliphatic carbocycles. The molecule has 0 aromatic carbocycles. The second-order valence-electron chi connectivity index (χ2n) is 3.77. The molecule has 1 aromatic heterocycles. The third kappa shape index (κ3) is 2.59. The Balaban J connectivity index is 2.86. The van der Waals surface area contributed by atoms with Crippen molar-refractivity contribution in [3.05, 3.63) is 23.7 Å². The van der Waals surface area contributed by atoms with Crippen molar-refractivity contribution in [2.24, 2.45) is 5.73 Å². The van der Waals surface area contributed by atoms with Gasteiger partial charge >= 0.3 is 0 Å². The largest absolute Gasteiger partial charge is 0.469 e. The van der Waals surface area contributed by atoms with Gasteiger partial charge in [-0.25, -0.2) is 0 Å². The maximum atomic E-state index is 12.1. The fourth-order valence-corrected chi connectivity index (χ4v) is 1.49. The van der Waals surface area contributed by atoms with Gasteiger partial charge in [-0.3, -0.25) is 4.79 Å². The zero-order valence-corrected chi connectivity index (χ0v) is 9.49. The van der Waals surface area contributed by atoms with Gasteiger partial charge in [-0.05, 0) is 26.8 Å². The molecule has 0 fully saturated rings. The molecule has 0 bridgehead atoms. The van der Waals surface area contributed by atoms with Crippen molar-refractivity contribution in [1.29, 1.82) is 0 Å². The smallest absolute Gasteiger partial charge is 0.257 e. The Morgan fingerprint density at radius 1 is 1.60 bits per heavy atom. The Kier molecular flexibility index (Phi) is 3.91. The Morgan fingerprint density at radius 3 is 2.67 bits per heavy atom. The summed E-state index contributed by atoms with van der Waals surface area (Å²) in [7, 11) is 0. The van der Waals surface area contributed by atoms with E-state index in [0.717, 1.165) is 0 Å². The van der Waals surface area contributed by atoms with Crippen LogP contribution in [-0.4, -0.2) is 29.9 Å². The summed E-state index contributed by atoms with van der Waals surface area (Å²) in [6.45, 7) is 6.78. The number of furan rings is 1.